The predicted octanol–water partition coefficient (Wildman–Crippen LogP) is 3.66. The maximum Gasteiger partial charge on any atom is 0.225 e. The lowest BCUT2D eigenvalue weighted by Crippen LogP contribution is -2.45. The maximum absolute atomic E-state index is 13.7. The lowest BCUT2D eigenvalue weighted by molar-refractivity contribution is -0.138. The first-order valence-corrected chi connectivity index (χ1v) is 12.6. The van der Waals surface area contributed by atoms with Crippen molar-refractivity contribution in [3.05, 3.63) is 53.7 Å². The summed E-state index contributed by atoms with van der Waals surface area (Å²) in [4.78, 5) is 26.3. The van der Waals surface area contributed by atoms with Gasteiger partial charge in [0.1, 0.15) is 17.5 Å². The van der Waals surface area contributed by atoms with Gasteiger partial charge in [0, 0.05) is 49.6 Å². The van der Waals surface area contributed by atoms with E-state index in [4.69, 9.17) is 5.73 Å². The number of rotatable bonds is 5. The van der Waals surface area contributed by atoms with Crippen LogP contribution in [0.1, 0.15) is 43.1 Å². The van der Waals surface area contributed by atoms with Gasteiger partial charge in [-0.1, -0.05) is 0 Å². The minimum Gasteiger partial charge on any atom is -0.384 e. The van der Waals surface area contributed by atoms with Gasteiger partial charge in [-0.3, -0.25) is 9.69 Å². The van der Waals surface area contributed by atoms with E-state index in [2.05, 4.69) is 32.1 Å². The van der Waals surface area contributed by atoms with E-state index >= 15 is 0 Å². The van der Waals surface area contributed by atoms with E-state index in [0.717, 1.165) is 75.3 Å². The summed E-state index contributed by atoms with van der Waals surface area (Å²) in [5.41, 5.74) is 8.57. The Hall–Kier alpha value is -2.65. The van der Waals surface area contributed by atoms with Crippen molar-refractivity contribution in [2.45, 2.75) is 44.0 Å². The summed E-state index contributed by atoms with van der Waals surface area (Å²) in [5, 5.41) is 0. The average Bonchev–Trinajstić information content (AvgIpc) is 3.22. The van der Waals surface area contributed by atoms with E-state index in [1.165, 1.54) is 12.1 Å². The first kappa shape index (κ1) is 23.1. The van der Waals surface area contributed by atoms with Crippen molar-refractivity contribution in [2.24, 2.45) is 5.92 Å². The fourth-order valence-electron chi connectivity index (χ4n) is 5.43. The standard InChI is InChI=1S/C25H31FN6OS/c26-19-1-2-22-21(14-19)29-24(16-34)32(22)20-6-11-31(12-7-20)25(33)18-4-9-30(10-5-18)15-17-3-8-28-23(27)13-17/h1-3,8,13-14,18,20,34H,4-7,9-12,15-16H2,(H2,27,28). The van der Waals surface area contributed by atoms with Crippen molar-refractivity contribution < 1.29 is 9.18 Å². The summed E-state index contributed by atoms with van der Waals surface area (Å²) >= 11 is 4.44. The Bertz CT molecular complexity index is 1170. The Labute approximate surface area is 204 Å². The topological polar surface area (TPSA) is 80.3 Å². The van der Waals surface area contributed by atoms with Crippen LogP contribution in [-0.2, 0) is 17.1 Å². The molecule has 7 nitrogen and oxygen atoms in total. The minimum atomic E-state index is -0.278. The molecular formula is C25H31FN6OS. The summed E-state index contributed by atoms with van der Waals surface area (Å²) in [6.45, 7) is 4.16. The van der Waals surface area contributed by atoms with E-state index < -0.39 is 0 Å². The number of benzene rings is 1. The number of piperidine rings is 2. The van der Waals surface area contributed by atoms with Gasteiger partial charge in [0.25, 0.3) is 0 Å². The van der Waals surface area contributed by atoms with Crippen LogP contribution >= 0.6 is 12.6 Å². The van der Waals surface area contributed by atoms with Crippen LogP contribution < -0.4 is 5.73 Å². The first-order valence-electron chi connectivity index (χ1n) is 12.0. The molecule has 2 N–H and O–H groups in total. The number of hydrogen-bond donors (Lipinski definition) is 2. The van der Waals surface area contributed by atoms with Crippen molar-refractivity contribution >= 4 is 35.4 Å². The van der Waals surface area contributed by atoms with Crippen molar-refractivity contribution in [2.75, 3.05) is 31.9 Å². The number of likely N-dealkylation sites (tertiary alicyclic amines) is 2. The Kier molecular flexibility index (Phi) is 6.74. The van der Waals surface area contributed by atoms with Gasteiger partial charge in [-0.15, -0.1) is 0 Å². The van der Waals surface area contributed by atoms with Crippen LogP contribution in [0.25, 0.3) is 11.0 Å². The second kappa shape index (κ2) is 9.92. The molecule has 0 radical (unpaired) electrons. The third-order valence-electron chi connectivity index (χ3n) is 7.20. The number of carbonyl (C=O) groups excluding carboxylic acids is 1. The zero-order chi connectivity index (χ0) is 23.7. The number of hydrogen-bond acceptors (Lipinski definition) is 6. The van der Waals surface area contributed by atoms with Gasteiger partial charge in [0.15, 0.2) is 0 Å². The third-order valence-corrected chi connectivity index (χ3v) is 7.48. The van der Waals surface area contributed by atoms with Gasteiger partial charge in [-0.25, -0.2) is 14.4 Å². The molecule has 1 amide bonds. The summed E-state index contributed by atoms with van der Waals surface area (Å²) in [7, 11) is 0. The molecule has 0 aliphatic carbocycles. The van der Waals surface area contributed by atoms with Crippen molar-refractivity contribution in [3.8, 4) is 0 Å². The number of pyridine rings is 1. The molecule has 0 unspecified atom stereocenters. The van der Waals surface area contributed by atoms with E-state index in [1.54, 1.807) is 12.3 Å². The van der Waals surface area contributed by atoms with E-state index in [9.17, 15) is 9.18 Å². The van der Waals surface area contributed by atoms with Crippen molar-refractivity contribution in [1.29, 1.82) is 0 Å². The fourth-order valence-corrected chi connectivity index (χ4v) is 5.66. The number of nitrogen functional groups attached to an aromatic ring is 1. The largest absolute Gasteiger partial charge is 0.384 e. The Morgan fingerprint density at radius 3 is 2.56 bits per heavy atom. The Morgan fingerprint density at radius 1 is 1.09 bits per heavy atom. The van der Waals surface area contributed by atoms with Gasteiger partial charge in [0.2, 0.25) is 5.91 Å². The molecule has 34 heavy (non-hydrogen) atoms. The van der Waals surface area contributed by atoms with Crippen LogP contribution in [0.5, 0.6) is 0 Å². The molecule has 2 saturated heterocycles. The highest BCUT2D eigenvalue weighted by Crippen LogP contribution is 2.31. The van der Waals surface area contributed by atoms with E-state index in [1.807, 2.05) is 17.0 Å². The maximum atomic E-state index is 13.7. The predicted molar refractivity (Wildman–Crippen MR) is 134 cm³/mol. The molecule has 0 spiro atoms. The Morgan fingerprint density at radius 2 is 1.85 bits per heavy atom. The molecule has 0 saturated carbocycles. The fraction of sp³-hybridized carbons (Fsp3) is 0.480. The van der Waals surface area contributed by atoms with E-state index in [-0.39, 0.29) is 17.8 Å². The minimum absolute atomic E-state index is 0.0976. The van der Waals surface area contributed by atoms with Crippen LogP contribution in [-0.4, -0.2) is 56.4 Å². The molecule has 4 heterocycles. The lowest BCUT2D eigenvalue weighted by Gasteiger charge is -2.38. The molecule has 5 rings (SSSR count). The van der Waals surface area contributed by atoms with Crippen LogP contribution in [0, 0.1) is 11.7 Å². The van der Waals surface area contributed by atoms with Crippen molar-refractivity contribution in [3.63, 3.8) is 0 Å². The smallest absolute Gasteiger partial charge is 0.225 e. The molecular weight excluding hydrogens is 451 g/mol. The van der Waals surface area contributed by atoms with Crippen LogP contribution in [0.2, 0.25) is 0 Å². The highest BCUT2D eigenvalue weighted by atomic mass is 32.1. The number of carbonyl (C=O) groups is 1. The van der Waals surface area contributed by atoms with Crippen LogP contribution in [0.4, 0.5) is 10.2 Å². The summed E-state index contributed by atoms with van der Waals surface area (Å²) in [6.07, 6.45) is 5.27. The number of thiol groups is 1. The second-order valence-electron chi connectivity index (χ2n) is 9.39. The third kappa shape index (κ3) is 4.77. The molecule has 0 atom stereocenters. The monoisotopic (exact) mass is 482 g/mol. The number of nitrogens with two attached hydrogens (primary N) is 1. The zero-order valence-corrected chi connectivity index (χ0v) is 20.1. The normalized spacial score (nSPS) is 18.6. The number of nitrogens with zero attached hydrogens (tertiary/aromatic N) is 5. The summed E-state index contributed by atoms with van der Waals surface area (Å²) in [5.74, 6) is 2.01. The van der Waals surface area contributed by atoms with Crippen LogP contribution in [0.15, 0.2) is 36.5 Å². The number of imidazole rings is 1. The van der Waals surface area contributed by atoms with Gasteiger partial charge in [0.05, 0.1) is 11.0 Å². The summed E-state index contributed by atoms with van der Waals surface area (Å²) < 4.78 is 15.9. The number of aromatic nitrogens is 3. The molecule has 2 aromatic heterocycles. The quantitative estimate of drug-likeness (QED) is 0.543. The van der Waals surface area contributed by atoms with Gasteiger partial charge in [-0.2, -0.15) is 12.6 Å². The van der Waals surface area contributed by atoms with Crippen LogP contribution in [0.3, 0.4) is 0 Å². The van der Waals surface area contributed by atoms with Crippen molar-refractivity contribution in [1.82, 2.24) is 24.3 Å². The molecule has 0 bridgehead atoms. The highest BCUT2D eigenvalue weighted by Gasteiger charge is 2.32. The zero-order valence-electron chi connectivity index (χ0n) is 19.2. The Balaban J connectivity index is 1.17. The second-order valence-corrected chi connectivity index (χ2v) is 9.70. The van der Waals surface area contributed by atoms with E-state index in [0.29, 0.717) is 23.0 Å². The average molecular weight is 483 g/mol. The first-order chi connectivity index (χ1) is 16.5. The molecule has 2 fully saturated rings. The SMILES string of the molecule is Nc1cc(CN2CCC(C(=O)N3CCC(n4c(CS)nc5cc(F)ccc54)CC3)CC2)ccn1. The molecule has 2 aliphatic heterocycles. The lowest BCUT2D eigenvalue weighted by atomic mass is 9.93. The number of fused-ring (bicyclic) bond motifs is 1. The molecule has 3 aromatic rings. The molecule has 1 aromatic carbocycles. The highest BCUT2D eigenvalue weighted by molar-refractivity contribution is 7.79. The number of halogens is 1. The van der Waals surface area contributed by atoms with Gasteiger partial charge >= 0.3 is 0 Å². The molecule has 180 valence electrons. The molecule has 9 heteroatoms. The van der Waals surface area contributed by atoms with Gasteiger partial charge in [-0.05, 0) is 68.6 Å². The summed E-state index contributed by atoms with van der Waals surface area (Å²) in [6, 6.07) is 8.93. The van der Waals surface area contributed by atoms with Gasteiger partial charge < -0.3 is 15.2 Å². The number of anilines is 1. The number of amides is 1. The molecule has 2 aliphatic rings.